The first-order valence-corrected chi connectivity index (χ1v) is 11.6. The van der Waals surface area contributed by atoms with Crippen LogP contribution in [0.15, 0.2) is 40.7 Å². The molecular formula is C26H36ClN3O. The first-order chi connectivity index (χ1) is 14.8. The Morgan fingerprint density at radius 3 is 2.39 bits per heavy atom. The highest BCUT2D eigenvalue weighted by molar-refractivity contribution is 6.30. The third-order valence-corrected chi connectivity index (χ3v) is 5.96. The minimum Gasteiger partial charge on any atom is -0.357 e. The average Bonchev–Trinajstić information content (AvgIpc) is 2.75. The molecule has 5 heteroatoms. The predicted molar refractivity (Wildman–Crippen MR) is 132 cm³/mol. The zero-order valence-electron chi connectivity index (χ0n) is 19.6. The van der Waals surface area contributed by atoms with Gasteiger partial charge in [-0.05, 0) is 75.3 Å². The molecule has 0 saturated carbocycles. The third-order valence-electron chi connectivity index (χ3n) is 5.71. The Morgan fingerprint density at radius 1 is 1.26 bits per heavy atom. The highest BCUT2D eigenvalue weighted by Crippen LogP contribution is 2.28. The van der Waals surface area contributed by atoms with Gasteiger partial charge in [0.15, 0.2) is 0 Å². The number of carbonyl (C=O) groups excluding carboxylic acids is 1. The number of nitrogens with zero attached hydrogens (tertiary/aromatic N) is 3. The predicted octanol–water partition coefficient (Wildman–Crippen LogP) is 6.17. The van der Waals surface area contributed by atoms with Crippen LogP contribution in [0.25, 0.3) is 0 Å². The normalized spacial score (nSPS) is 16.2. The van der Waals surface area contributed by atoms with E-state index < -0.39 is 0 Å². The Kier molecular flexibility index (Phi) is 9.65. The number of rotatable bonds is 8. The van der Waals surface area contributed by atoms with Crippen LogP contribution in [0.5, 0.6) is 0 Å². The second-order valence-electron chi connectivity index (χ2n) is 8.77. The number of piperidine rings is 1. The third kappa shape index (κ3) is 7.14. The van der Waals surface area contributed by atoms with Gasteiger partial charge in [-0.2, -0.15) is 0 Å². The summed E-state index contributed by atoms with van der Waals surface area (Å²) in [5, 5.41) is 0.643. The molecule has 2 rings (SSSR count). The molecule has 4 nitrogen and oxygen atoms in total. The molecule has 1 aromatic carbocycles. The van der Waals surface area contributed by atoms with Crippen molar-refractivity contribution in [3.05, 3.63) is 40.7 Å². The van der Waals surface area contributed by atoms with Crippen molar-refractivity contribution in [2.24, 2.45) is 16.8 Å². The molecule has 0 spiro atoms. The average molecular weight is 442 g/mol. The summed E-state index contributed by atoms with van der Waals surface area (Å²) in [4.78, 5) is 22.3. The van der Waals surface area contributed by atoms with Crippen LogP contribution in [0.1, 0.15) is 60.3 Å². The van der Waals surface area contributed by atoms with Gasteiger partial charge < -0.3 is 9.80 Å². The number of hydrogen-bond acceptors (Lipinski definition) is 3. The van der Waals surface area contributed by atoms with Gasteiger partial charge in [0, 0.05) is 35.4 Å². The quantitative estimate of drug-likeness (QED) is 0.357. The second kappa shape index (κ2) is 12.0. The van der Waals surface area contributed by atoms with Crippen molar-refractivity contribution in [1.29, 1.82) is 0 Å². The van der Waals surface area contributed by atoms with Crippen molar-refractivity contribution in [3.63, 3.8) is 0 Å². The lowest BCUT2D eigenvalue weighted by Crippen LogP contribution is -2.42. The molecule has 1 fully saturated rings. The van der Waals surface area contributed by atoms with Crippen molar-refractivity contribution < 1.29 is 4.79 Å². The van der Waals surface area contributed by atoms with Crippen LogP contribution in [0.2, 0.25) is 5.02 Å². The number of likely N-dealkylation sites (tertiary alicyclic amines) is 1. The smallest absolute Gasteiger partial charge is 0.231 e. The monoisotopic (exact) mass is 441 g/mol. The maximum atomic E-state index is 13.3. The van der Waals surface area contributed by atoms with Crippen LogP contribution >= 0.6 is 11.6 Å². The van der Waals surface area contributed by atoms with Crippen LogP contribution in [0.3, 0.4) is 0 Å². The van der Waals surface area contributed by atoms with Gasteiger partial charge >= 0.3 is 0 Å². The highest BCUT2D eigenvalue weighted by atomic mass is 35.5. The molecule has 0 aromatic heterocycles. The van der Waals surface area contributed by atoms with Gasteiger partial charge in [0.2, 0.25) is 5.91 Å². The Balaban J connectivity index is 2.12. The summed E-state index contributed by atoms with van der Waals surface area (Å²) in [5.74, 6) is 4.36. The number of carbonyl (C=O) groups is 1. The van der Waals surface area contributed by atoms with E-state index in [9.17, 15) is 4.79 Å². The van der Waals surface area contributed by atoms with Gasteiger partial charge in [-0.15, -0.1) is 6.42 Å². The minimum atomic E-state index is -0.0378. The van der Waals surface area contributed by atoms with Crippen molar-refractivity contribution in [3.8, 4) is 12.3 Å². The van der Waals surface area contributed by atoms with Gasteiger partial charge in [-0.3, -0.25) is 4.79 Å². The zero-order valence-corrected chi connectivity index (χ0v) is 20.4. The molecule has 0 aliphatic carbocycles. The van der Waals surface area contributed by atoms with E-state index in [4.69, 9.17) is 23.0 Å². The van der Waals surface area contributed by atoms with Crippen LogP contribution in [-0.2, 0) is 4.79 Å². The molecule has 0 N–H and O–H groups in total. The fourth-order valence-corrected chi connectivity index (χ4v) is 4.10. The number of aliphatic imine (C=N–C) groups is 1. The summed E-state index contributed by atoms with van der Waals surface area (Å²) in [7, 11) is 0. The molecule has 1 saturated heterocycles. The van der Waals surface area contributed by atoms with E-state index in [1.54, 1.807) is 17.0 Å². The molecule has 168 valence electrons. The minimum absolute atomic E-state index is 0.0378. The first kappa shape index (κ1) is 25.0. The van der Waals surface area contributed by atoms with Crippen molar-refractivity contribution in [1.82, 2.24) is 4.90 Å². The summed E-state index contributed by atoms with van der Waals surface area (Å²) < 4.78 is 0. The van der Waals surface area contributed by atoms with E-state index in [0.717, 1.165) is 50.3 Å². The SMILES string of the molecule is C#CCN(C(=O)C1CCN(C(/N=C(/C)CC(C)C)=C(/C)CC)CC1)c1ccc(Cl)cc1. The molecule has 1 heterocycles. The lowest BCUT2D eigenvalue weighted by molar-refractivity contribution is -0.123. The molecule has 1 aromatic rings. The van der Waals surface area contributed by atoms with Gasteiger partial charge in [0.1, 0.15) is 5.82 Å². The number of amides is 1. The lowest BCUT2D eigenvalue weighted by atomic mass is 9.94. The second-order valence-corrected chi connectivity index (χ2v) is 9.21. The highest BCUT2D eigenvalue weighted by Gasteiger charge is 2.30. The van der Waals surface area contributed by atoms with Gasteiger partial charge in [-0.25, -0.2) is 4.99 Å². The Morgan fingerprint density at radius 2 is 1.87 bits per heavy atom. The van der Waals surface area contributed by atoms with E-state index in [2.05, 4.69) is 45.4 Å². The summed E-state index contributed by atoms with van der Waals surface area (Å²) in [6, 6.07) is 7.28. The standard InChI is InChI=1S/C26H36ClN3O/c1-7-15-30(24-11-9-23(27)10-12-24)26(31)22-13-16-29(17-14-22)25(20(5)8-2)28-21(6)18-19(3)4/h1,9-12,19,22H,8,13-18H2,2-6H3/b25-20-,28-21-. The number of hydrogen-bond donors (Lipinski definition) is 0. The largest absolute Gasteiger partial charge is 0.357 e. The molecule has 1 aliphatic heterocycles. The molecule has 0 atom stereocenters. The number of halogens is 1. The summed E-state index contributed by atoms with van der Waals surface area (Å²) in [6.07, 6.45) is 9.12. The zero-order chi connectivity index (χ0) is 23.0. The summed E-state index contributed by atoms with van der Waals surface area (Å²) in [5.41, 5.74) is 3.26. The molecule has 31 heavy (non-hydrogen) atoms. The molecule has 1 aliphatic rings. The van der Waals surface area contributed by atoms with Gasteiger partial charge in [0.05, 0.1) is 6.54 Å². The van der Waals surface area contributed by atoms with Crippen LogP contribution in [0, 0.1) is 24.2 Å². The molecule has 1 amide bonds. The van der Waals surface area contributed by atoms with Gasteiger partial charge in [0.25, 0.3) is 0 Å². The number of anilines is 1. The Labute approximate surface area is 193 Å². The van der Waals surface area contributed by atoms with Crippen molar-refractivity contribution in [2.75, 3.05) is 24.5 Å². The maximum absolute atomic E-state index is 13.3. The van der Waals surface area contributed by atoms with E-state index in [-0.39, 0.29) is 18.4 Å². The van der Waals surface area contributed by atoms with E-state index in [1.807, 2.05) is 12.1 Å². The van der Waals surface area contributed by atoms with E-state index in [0.29, 0.717) is 10.9 Å². The molecular weight excluding hydrogens is 406 g/mol. The van der Waals surface area contributed by atoms with Crippen LogP contribution in [0.4, 0.5) is 5.69 Å². The number of terminal acetylenes is 1. The topological polar surface area (TPSA) is 35.9 Å². The fourth-order valence-electron chi connectivity index (χ4n) is 3.98. The van der Waals surface area contributed by atoms with E-state index in [1.165, 1.54) is 11.3 Å². The summed E-state index contributed by atoms with van der Waals surface area (Å²) in [6.45, 7) is 12.8. The Hall–Kier alpha value is -2.25. The van der Waals surface area contributed by atoms with E-state index >= 15 is 0 Å². The first-order valence-electron chi connectivity index (χ1n) is 11.3. The Bertz CT molecular complexity index is 840. The summed E-state index contributed by atoms with van der Waals surface area (Å²) >= 11 is 6.00. The van der Waals surface area contributed by atoms with Gasteiger partial charge in [-0.1, -0.05) is 38.3 Å². The molecule has 0 radical (unpaired) electrons. The number of allylic oxidation sites excluding steroid dienone is 1. The maximum Gasteiger partial charge on any atom is 0.231 e. The molecule has 0 unspecified atom stereocenters. The van der Waals surface area contributed by atoms with Crippen molar-refractivity contribution >= 4 is 28.9 Å². The van der Waals surface area contributed by atoms with Crippen molar-refractivity contribution in [2.45, 2.75) is 60.3 Å². The lowest BCUT2D eigenvalue weighted by Gasteiger charge is -2.36. The van der Waals surface area contributed by atoms with Crippen LogP contribution < -0.4 is 4.90 Å². The fraction of sp³-hybridized carbons (Fsp3) is 0.538. The molecule has 0 bridgehead atoms. The number of benzene rings is 1. The van der Waals surface area contributed by atoms with Crippen LogP contribution in [-0.4, -0.2) is 36.2 Å².